The Bertz CT molecular complexity index is 3180. The van der Waals surface area contributed by atoms with Gasteiger partial charge in [0.15, 0.2) is 23.1 Å². The van der Waals surface area contributed by atoms with Crippen LogP contribution in [0.5, 0.6) is 0 Å². The van der Waals surface area contributed by atoms with Crippen molar-refractivity contribution in [1.29, 1.82) is 0 Å². The van der Waals surface area contributed by atoms with Crippen LogP contribution in [0.2, 0.25) is 0 Å². The average molecular weight is 693 g/mol. The molecule has 0 saturated heterocycles. The first-order chi connectivity index (χ1) is 26.7. The lowest BCUT2D eigenvalue weighted by Gasteiger charge is -2.11. The molecule has 0 aliphatic rings. The lowest BCUT2D eigenvalue weighted by molar-refractivity contribution is 0.652. The summed E-state index contributed by atoms with van der Waals surface area (Å²) in [7, 11) is 0. The highest BCUT2D eigenvalue weighted by Gasteiger charge is 2.18. The minimum atomic E-state index is 0.455. The number of aromatic nitrogens is 6. The third-order valence-corrected chi connectivity index (χ3v) is 10.2. The lowest BCUT2D eigenvalue weighted by atomic mass is 10.00. The number of fused-ring (bicyclic) bond motifs is 7. The van der Waals surface area contributed by atoms with Crippen LogP contribution in [0.4, 0.5) is 0 Å². The highest BCUT2D eigenvalue weighted by atomic mass is 16.3. The Labute approximate surface area is 308 Å². The molecule has 5 heterocycles. The van der Waals surface area contributed by atoms with Crippen molar-refractivity contribution in [2.24, 2.45) is 0 Å². The molecular weight excluding hydrogens is 665 g/mol. The number of para-hydroxylation sites is 2. The fourth-order valence-corrected chi connectivity index (χ4v) is 7.55. The number of furan rings is 1. The molecule has 0 N–H and O–H groups in total. The number of hydrogen-bond acceptors (Lipinski definition) is 6. The van der Waals surface area contributed by atoms with E-state index in [1.54, 1.807) is 12.4 Å². The van der Waals surface area contributed by atoms with E-state index in [0.717, 1.165) is 49.7 Å². The van der Waals surface area contributed by atoms with E-state index in [9.17, 15) is 0 Å². The lowest BCUT2D eigenvalue weighted by Crippen LogP contribution is -2.02. The Morgan fingerprint density at radius 1 is 0.426 bits per heavy atom. The van der Waals surface area contributed by atoms with Crippen molar-refractivity contribution in [2.75, 3.05) is 0 Å². The maximum Gasteiger partial charge on any atom is 0.228 e. The maximum atomic E-state index is 6.11. The zero-order chi connectivity index (χ0) is 35.6. The summed E-state index contributed by atoms with van der Waals surface area (Å²) in [5, 5.41) is 6.71. The Kier molecular flexibility index (Phi) is 6.72. The van der Waals surface area contributed by atoms with Gasteiger partial charge in [-0.3, -0.25) is 4.98 Å². The summed E-state index contributed by atoms with van der Waals surface area (Å²) in [5.74, 6) is 1.56. The largest absolute Gasteiger partial charge is 0.436 e. The van der Waals surface area contributed by atoms with Gasteiger partial charge in [0.25, 0.3) is 0 Å². The number of hydrogen-bond donors (Lipinski definition) is 0. The normalized spacial score (nSPS) is 11.7. The molecule has 6 aromatic carbocycles. The van der Waals surface area contributed by atoms with E-state index in [2.05, 4.69) is 143 Å². The standard InChI is InChI=1S/C47H28N6O/c1-2-9-32-26-33(21-18-29(32)8-1)30-16-19-31(20-17-30)44-50-45(52-46(51-44)40-23-22-39-38-24-25-48-28-43(38)54-47(39)49-40)34-10-7-11-35(27-34)53-41-14-5-3-12-36(41)37-13-4-6-15-42(37)53/h1-28H. The molecule has 0 unspecified atom stereocenters. The van der Waals surface area contributed by atoms with Crippen LogP contribution in [-0.4, -0.2) is 29.5 Å². The molecule has 0 saturated carbocycles. The summed E-state index contributed by atoms with van der Waals surface area (Å²) >= 11 is 0. The summed E-state index contributed by atoms with van der Waals surface area (Å²) in [6.07, 6.45) is 3.47. The monoisotopic (exact) mass is 692 g/mol. The predicted molar refractivity (Wildman–Crippen MR) is 216 cm³/mol. The number of pyridine rings is 2. The van der Waals surface area contributed by atoms with Gasteiger partial charge in [-0.05, 0) is 70.4 Å². The second kappa shape index (κ2) is 12.0. The summed E-state index contributed by atoms with van der Waals surface area (Å²) in [6.45, 7) is 0. The molecule has 0 aliphatic heterocycles. The third-order valence-electron chi connectivity index (χ3n) is 10.2. The first-order valence-corrected chi connectivity index (χ1v) is 17.8. The molecule has 0 fully saturated rings. The Morgan fingerprint density at radius 2 is 1.11 bits per heavy atom. The highest BCUT2D eigenvalue weighted by Crippen LogP contribution is 2.35. The van der Waals surface area contributed by atoms with Gasteiger partial charge in [-0.15, -0.1) is 0 Å². The van der Waals surface area contributed by atoms with Crippen LogP contribution >= 0.6 is 0 Å². The summed E-state index contributed by atoms with van der Waals surface area (Å²) in [6, 6.07) is 54.7. The van der Waals surface area contributed by atoms with Crippen molar-refractivity contribution in [3.05, 3.63) is 170 Å². The fourth-order valence-electron chi connectivity index (χ4n) is 7.55. The van der Waals surface area contributed by atoms with Gasteiger partial charge in [0.2, 0.25) is 5.71 Å². The highest BCUT2D eigenvalue weighted by molar-refractivity contribution is 6.09. The van der Waals surface area contributed by atoms with Crippen LogP contribution in [-0.2, 0) is 0 Å². The van der Waals surface area contributed by atoms with E-state index >= 15 is 0 Å². The second-order valence-corrected chi connectivity index (χ2v) is 13.4. The molecule has 0 bridgehead atoms. The first kappa shape index (κ1) is 30.1. The van der Waals surface area contributed by atoms with Gasteiger partial charge >= 0.3 is 0 Å². The smallest absolute Gasteiger partial charge is 0.228 e. The molecule has 252 valence electrons. The van der Waals surface area contributed by atoms with E-state index < -0.39 is 0 Å². The van der Waals surface area contributed by atoms with E-state index in [-0.39, 0.29) is 0 Å². The summed E-state index contributed by atoms with van der Waals surface area (Å²) in [5.41, 5.74) is 9.07. The first-order valence-electron chi connectivity index (χ1n) is 17.8. The topological polar surface area (TPSA) is 82.5 Å². The molecule has 11 rings (SSSR count). The summed E-state index contributed by atoms with van der Waals surface area (Å²) < 4.78 is 8.41. The molecular formula is C47H28N6O. The van der Waals surface area contributed by atoms with Crippen molar-refractivity contribution < 1.29 is 4.42 Å². The second-order valence-electron chi connectivity index (χ2n) is 13.4. The Morgan fingerprint density at radius 3 is 1.93 bits per heavy atom. The van der Waals surface area contributed by atoms with Gasteiger partial charge in [-0.2, -0.15) is 0 Å². The molecule has 0 amide bonds. The van der Waals surface area contributed by atoms with Gasteiger partial charge in [-0.1, -0.05) is 109 Å². The minimum Gasteiger partial charge on any atom is -0.436 e. The van der Waals surface area contributed by atoms with Crippen LogP contribution < -0.4 is 0 Å². The van der Waals surface area contributed by atoms with Crippen molar-refractivity contribution >= 4 is 54.6 Å². The van der Waals surface area contributed by atoms with Crippen LogP contribution in [0.1, 0.15) is 0 Å². The Hall–Kier alpha value is -7.51. The molecule has 7 nitrogen and oxygen atoms in total. The quantitative estimate of drug-likeness (QED) is 0.179. The average Bonchev–Trinajstić information content (AvgIpc) is 3.79. The molecule has 54 heavy (non-hydrogen) atoms. The Balaban J connectivity index is 1.06. The van der Waals surface area contributed by atoms with E-state index in [1.807, 2.05) is 24.3 Å². The van der Waals surface area contributed by atoms with Crippen molar-refractivity contribution in [3.63, 3.8) is 0 Å². The molecule has 11 aromatic rings. The van der Waals surface area contributed by atoms with E-state index in [4.69, 9.17) is 24.4 Å². The zero-order valence-corrected chi connectivity index (χ0v) is 28.8. The zero-order valence-electron chi connectivity index (χ0n) is 28.8. The van der Waals surface area contributed by atoms with Crippen LogP contribution in [0, 0.1) is 0 Å². The van der Waals surface area contributed by atoms with Crippen molar-refractivity contribution in [3.8, 4) is 51.1 Å². The minimum absolute atomic E-state index is 0.455. The van der Waals surface area contributed by atoms with E-state index in [0.29, 0.717) is 34.5 Å². The fraction of sp³-hybridized carbons (Fsp3) is 0. The van der Waals surface area contributed by atoms with Gasteiger partial charge in [0.05, 0.1) is 17.2 Å². The van der Waals surface area contributed by atoms with Crippen LogP contribution in [0.3, 0.4) is 0 Å². The predicted octanol–water partition coefficient (Wildman–Crippen LogP) is 11.5. The van der Waals surface area contributed by atoms with Gasteiger partial charge in [0.1, 0.15) is 5.69 Å². The third kappa shape index (κ3) is 4.94. The van der Waals surface area contributed by atoms with Gasteiger partial charge in [0, 0.05) is 44.6 Å². The number of nitrogens with zero attached hydrogens (tertiary/aromatic N) is 6. The molecule has 7 heteroatoms. The molecule has 0 radical (unpaired) electrons. The van der Waals surface area contributed by atoms with Crippen LogP contribution in [0.15, 0.2) is 175 Å². The molecule has 0 aliphatic carbocycles. The molecule has 0 atom stereocenters. The van der Waals surface area contributed by atoms with Gasteiger partial charge < -0.3 is 8.98 Å². The molecule has 0 spiro atoms. The van der Waals surface area contributed by atoms with Crippen LogP contribution in [0.25, 0.3) is 106 Å². The SMILES string of the molecule is c1cc(-c2nc(-c3ccc(-c4ccc5ccccc5c4)cc3)nc(-c3ccc4c(n3)oc3cnccc34)n2)cc(-n2c3ccccc3c3ccccc32)c1. The summed E-state index contributed by atoms with van der Waals surface area (Å²) in [4.78, 5) is 24.3. The van der Waals surface area contributed by atoms with Crippen molar-refractivity contribution in [1.82, 2.24) is 29.5 Å². The van der Waals surface area contributed by atoms with E-state index in [1.165, 1.54) is 21.5 Å². The molecule has 5 aromatic heterocycles. The van der Waals surface area contributed by atoms with Gasteiger partial charge in [-0.25, -0.2) is 19.9 Å². The maximum absolute atomic E-state index is 6.11. The number of rotatable bonds is 5. The number of benzene rings is 6. The van der Waals surface area contributed by atoms with Crippen molar-refractivity contribution in [2.45, 2.75) is 0 Å².